The molecule has 70 valence electrons. The maximum absolute atomic E-state index is 11.5. The van der Waals surface area contributed by atoms with E-state index in [4.69, 9.17) is 0 Å². The van der Waals surface area contributed by atoms with Crippen molar-refractivity contribution in [1.82, 2.24) is 10.2 Å². The van der Waals surface area contributed by atoms with Gasteiger partial charge in [-0.15, -0.1) is 0 Å². The molecule has 2 atom stereocenters. The van der Waals surface area contributed by atoms with E-state index >= 15 is 0 Å². The van der Waals surface area contributed by atoms with Crippen molar-refractivity contribution in [2.75, 3.05) is 20.1 Å². The highest BCUT2D eigenvalue weighted by Crippen LogP contribution is 2.11. The van der Waals surface area contributed by atoms with Crippen LogP contribution in [0.2, 0.25) is 0 Å². The van der Waals surface area contributed by atoms with Gasteiger partial charge in [0.05, 0.1) is 6.10 Å². The fourth-order valence-electron chi connectivity index (χ4n) is 1.56. The summed E-state index contributed by atoms with van der Waals surface area (Å²) in [5.41, 5.74) is 0. The van der Waals surface area contributed by atoms with E-state index in [2.05, 4.69) is 5.32 Å². The maximum atomic E-state index is 11.5. The number of aliphatic hydroxyl groups excluding tert-OH is 1. The quantitative estimate of drug-likeness (QED) is 0.572. The molecule has 1 fully saturated rings. The Bertz CT molecular complexity index is 172. The van der Waals surface area contributed by atoms with E-state index in [0.29, 0.717) is 13.0 Å². The Morgan fingerprint density at radius 1 is 1.75 bits per heavy atom. The Hall–Kier alpha value is -0.610. The average Bonchev–Trinajstić information content (AvgIpc) is 2.06. The molecule has 0 aromatic rings. The molecule has 0 aliphatic carbocycles. The van der Waals surface area contributed by atoms with E-state index in [0.717, 1.165) is 6.54 Å². The van der Waals surface area contributed by atoms with Gasteiger partial charge in [0.1, 0.15) is 6.04 Å². The largest absolute Gasteiger partial charge is 0.391 e. The molecular weight excluding hydrogens is 156 g/mol. The summed E-state index contributed by atoms with van der Waals surface area (Å²) in [5, 5.41) is 12.3. The first-order valence-corrected chi connectivity index (χ1v) is 4.34. The van der Waals surface area contributed by atoms with Crippen molar-refractivity contribution in [3.63, 3.8) is 0 Å². The van der Waals surface area contributed by atoms with Crippen molar-refractivity contribution in [1.29, 1.82) is 0 Å². The second-order valence-electron chi connectivity index (χ2n) is 3.04. The highest BCUT2D eigenvalue weighted by molar-refractivity contribution is 5.83. The van der Waals surface area contributed by atoms with E-state index < -0.39 is 12.1 Å². The molecule has 1 amide bonds. The number of carbonyl (C=O) groups excluding carboxylic acids is 1. The number of aliphatic hydroxyl groups is 1. The number of carbonyl (C=O) groups is 1. The lowest BCUT2D eigenvalue weighted by atomic mass is 10.0. The number of nitrogens with zero attached hydrogens (tertiary/aromatic N) is 1. The number of hydrogen-bond acceptors (Lipinski definition) is 3. The monoisotopic (exact) mass is 172 g/mol. The minimum absolute atomic E-state index is 0.0127. The van der Waals surface area contributed by atoms with Gasteiger partial charge in [-0.2, -0.15) is 0 Å². The van der Waals surface area contributed by atoms with Gasteiger partial charge in [0.2, 0.25) is 5.91 Å². The van der Waals surface area contributed by atoms with E-state index in [1.165, 1.54) is 0 Å². The normalized spacial score (nSPS) is 30.9. The highest BCUT2D eigenvalue weighted by Gasteiger charge is 2.33. The lowest BCUT2D eigenvalue weighted by Gasteiger charge is -2.34. The van der Waals surface area contributed by atoms with E-state index in [9.17, 15) is 9.90 Å². The van der Waals surface area contributed by atoms with Crippen molar-refractivity contribution in [2.45, 2.75) is 25.5 Å². The van der Waals surface area contributed by atoms with Gasteiger partial charge in [-0.05, 0) is 20.4 Å². The Kier molecular flexibility index (Phi) is 3.05. The average molecular weight is 172 g/mol. The van der Waals surface area contributed by atoms with Crippen molar-refractivity contribution in [2.24, 2.45) is 0 Å². The summed E-state index contributed by atoms with van der Waals surface area (Å²) in [6.07, 6.45) is 0.149. The number of amides is 1. The standard InChI is InChI=1S/C8H16N2O2/c1-3-10-5-4-6(11)7(9-2)8(10)12/h6-7,9,11H,3-5H2,1-2H3. The predicted octanol–water partition coefficient (Wildman–Crippen LogP) is -0.813. The molecule has 0 aromatic carbocycles. The van der Waals surface area contributed by atoms with E-state index in [1.54, 1.807) is 11.9 Å². The van der Waals surface area contributed by atoms with Crippen LogP contribution in [-0.4, -0.2) is 48.2 Å². The number of rotatable bonds is 2. The van der Waals surface area contributed by atoms with E-state index in [1.807, 2.05) is 6.92 Å². The third-order valence-corrected chi connectivity index (χ3v) is 2.35. The molecule has 1 aliphatic rings. The van der Waals surface area contributed by atoms with Crippen LogP contribution < -0.4 is 5.32 Å². The Balaban J connectivity index is 2.63. The van der Waals surface area contributed by atoms with Crippen LogP contribution in [0.5, 0.6) is 0 Å². The summed E-state index contributed by atoms with van der Waals surface area (Å²) in [6.45, 7) is 3.35. The van der Waals surface area contributed by atoms with Gasteiger partial charge >= 0.3 is 0 Å². The van der Waals surface area contributed by atoms with Gasteiger partial charge in [-0.1, -0.05) is 0 Å². The summed E-state index contributed by atoms with van der Waals surface area (Å²) >= 11 is 0. The number of piperidine rings is 1. The van der Waals surface area contributed by atoms with Crippen molar-refractivity contribution in [3.8, 4) is 0 Å². The van der Waals surface area contributed by atoms with Gasteiger partial charge in [0, 0.05) is 13.1 Å². The third kappa shape index (κ3) is 1.59. The van der Waals surface area contributed by atoms with Gasteiger partial charge in [0.15, 0.2) is 0 Å². The Morgan fingerprint density at radius 2 is 2.42 bits per heavy atom. The molecule has 0 aromatic heterocycles. The molecule has 0 spiro atoms. The number of likely N-dealkylation sites (N-methyl/N-ethyl adjacent to an activating group) is 2. The van der Waals surface area contributed by atoms with Crippen molar-refractivity contribution < 1.29 is 9.90 Å². The topological polar surface area (TPSA) is 52.6 Å². The zero-order chi connectivity index (χ0) is 9.14. The fraction of sp³-hybridized carbons (Fsp3) is 0.875. The van der Waals surface area contributed by atoms with Gasteiger partial charge in [0.25, 0.3) is 0 Å². The number of likely N-dealkylation sites (tertiary alicyclic amines) is 1. The van der Waals surface area contributed by atoms with Crippen LogP contribution in [-0.2, 0) is 4.79 Å². The van der Waals surface area contributed by atoms with Crippen molar-refractivity contribution in [3.05, 3.63) is 0 Å². The molecule has 1 rings (SSSR count). The lowest BCUT2D eigenvalue weighted by molar-refractivity contribution is -0.140. The summed E-state index contributed by atoms with van der Waals surface area (Å²) < 4.78 is 0. The minimum atomic E-state index is -0.523. The van der Waals surface area contributed by atoms with Crippen LogP contribution in [0.4, 0.5) is 0 Å². The van der Waals surface area contributed by atoms with Gasteiger partial charge < -0.3 is 15.3 Å². The summed E-state index contributed by atoms with van der Waals surface area (Å²) in [6, 6.07) is -0.404. The zero-order valence-electron chi connectivity index (χ0n) is 7.58. The molecule has 4 nitrogen and oxygen atoms in total. The minimum Gasteiger partial charge on any atom is -0.391 e. The first-order chi connectivity index (χ1) is 5.70. The molecule has 2 N–H and O–H groups in total. The van der Waals surface area contributed by atoms with Crippen LogP contribution in [0.25, 0.3) is 0 Å². The molecule has 4 heteroatoms. The predicted molar refractivity (Wildman–Crippen MR) is 45.7 cm³/mol. The molecule has 12 heavy (non-hydrogen) atoms. The van der Waals surface area contributed by atoms with Crippen LogP contribution in [0.3, 0.4) is 0 Å². The van der Waals surface area contributed by atoms with Crippen LogP contribution >= 0.6 is 0 Å². The van der Waals surface area contributed by atoms with Crippen LogP contribution in [0.1, 0.15) is 13.3 Å². The Labute approximate surface area is 72.6 Å². The van der Waals surface area contributed by atoms with Gasteiger partial charge in [-0.3, -0.25) is 4.79 Å². The molecular formula is C8H16N2O2. The molecule has 1 heterocycles. The highest BCUT2D eigenvalue weighted by atomic mass is 16.3. The molecule has 0 bridgehead atoms. The SMILES string of the molecule is CCN1CCC(O)C(NC)C1=O. The number of hydrogen-bond donors (Lipinski definition) is 2. The third-order valence-electron chi connectivity index (χ3n) is 2.35. The second-order valence-corrected chi connectivity index (χ2v) is 3.04. The molecule has 1 saturated heterocycles. The van der Waals surface area contributed by atoms with Crippen molar-refractivity contribution >= 4 is 5.91 Å². The van der Waals surface area contributed by atoms with E-state index in [-0.39, 0.29) is 5.91 Å². The Morgan fingerprint density at radius 3 is 2.92 bits per heavy atom. The maximum Gasteiger partial charge on any atom is 0.242 e. The summed E-state index contributed by atoms with van der Waals surface area (Å²) in [7, 11) is 1.70. The smallest absolute Gasteiger partial charge is 0.242 e. The lowest BCUT2D eigenvalue weighted by Crippen LogP contribution is -2.56. The van der Waals surface area contributed by atoms with Crippen LogP contribution in [0, 0.1) is 0 Å². The van der Waals surface area contributed by atoms with Crippen LogP contribution in [0.15, 0.2) is 0 Å². The summed E-state index contributed by atoms with van der Waals surface area (Å²) in [5.74, 6) is 0.0127. The second kappa shape index (κ2) is 3.87. The first-order valence-electron chi connectivity index (χ1n) is 4.34. The number of nitrogens with one attached hydrogen (secondary N) is 1. The molecule has 2 unspecified atom stereocenters. The fourth-order valence-corrected chi connectivity index (χ4v) is 1.56. The molecule has 1 aliphatic heterocycles. The van der Waals surface area contributed by atoms with Gasteiger partial charge in [-0.25, -0.2) is 0 Å². The molecule has 0 radical (unpaired) electrons. The summed E-state index contributed by atoms with van der Waals surface area (Å²) in [4.78, 5) is 13.3. The first kappa shape index (κ1) is 9.48. The zero-order valence-corrected chi connectivity index (χ0v) is 7.58. The molecule has 0 saturated carbocycles.